The van der Waals surface area contributed by atoms with Crippen molar-refractivity contribution in [3.05, 3.63) is 70.3 Å². The molecule has 9 heteroatoms. The third-order valence-corrected chi connectivity index (χ3v) is 7.12. The van der Waals surface area contributed by atoms with E-state index in [0.717, 1.165) is 16.0 Å². The van der Waals surface area contributed by atoms with Crippen molar-refractivity contribution in [1.82, 2.24) is 10.3 Å². The normalized spacial score (nSPS) is 13.4. The average Bonchev–Trinajstić information content (AvgIpc) is 3.34. The fourth-order valence-corrected chi connectivity index (χ4v) is 5.39. The molecule has 0 saturated heterocycles. The molecule has 0 spiro atoms. The van der Waals surface area contributed by atoms with E-state index in [1.807, 2.05) is 48.7 Å². The number of primary amides is 1. The number of carbonyl (C=O) groups excluding carboxylic acids is 2. The van der Waals surface area contributed by atoms with Crippen LogP contribution in [0.1, 0.15) is 62.4 Å². The van der Waals surface area contributed by atoms with E-state index in [4.69, 9.17) is 11.6 Å². The second-order valence-corrected chi connectivity index (χ2v) is 10.3. The fourth-order valence-electron chi connectivity index (χ4n) is 3.93. The molecular formula is C27H33ClN4O3S. The predicted octanol–water partition coefficient (Wildman–Crippen LogP) is 7.32. The van der Waals surface area contributed by atoms with Crippen LogP contribution in [0, 0.1) is 0 Å². The zero-order chi connectivity index (χ0) is 25.9. The number of halogens is 1. The van der Waals surface area contributed by atoms with E-state index >= 15 is 0 Å². The fraction of sp³-hybridized carbons (Fsp3) is 0.370. The molecule has 1 aromatic heterocycles. The molecule has 4 N–H and O–H groups in total. The Morgan fingerprint density at radius 3 is 2.47 bits per heavy atom. The topological polar surface area (TPSA) is 106 Å². The summed E-state index contributed by atoms with van der Waals surface area (Å²) in [7, 11) is 0. The number of hydrogen-bond acceptors (Lipinski definition) is 5. The number of anilines is 1. The zero-order valence-electron chi connectivity index (χ0n) is 20.6. The molecule has 192 valence electrons. The Bertz CT molecular complexity index is 1130. The lowest BCUT2D eigenvalue weighted by Crippen LogP contribution is -2.28. The number of aromatic nitrogens is 1. The first-order valence-electron chi connectivity index (χ1n) is 12.1. The van der Waals surface area contributed by atoms with Gasteiger partial charge in [-0.15, -0.1) is 11.3 Å². The van der Waals surface area contributed by atoms with Gasteiger partial charge in [0, 0.05) is 29.9 Å². The molecule has 0 atom stereocenters. The smallest absolute Gasteiger partial charge is 0.404 e. The molecule has 7 nitrogen and oxygen atoms in total. The van der Waals surface area contributed by atoms with Crippen molar-refractivity contribution in [1.29, 1.82) is 0 Å². The van der Waals surface area contributed by atoms with Crippen LogP contribution in [0.4, 0.5) is 15.3 Å². The molecule has 4 rings (SSSR count). The standard InChI is InChI=1S/C23H24ClN3OS.C4H9NO2/c24-20-13-18(27-23(28)26-14-16-7-3-1-4-8-16)11-12-19(20)21-15-25-22(29-21)17-9-5-2-6-10-17;1-3(2)7-4(5)6/h1,3-4,7-8,11-13,15,17H,2,5-6,9-10,14H2,(H2,26,27,28);3H,1-2H3,(H2,5,6). The van der Waals surface area contributed by atoms with Gasteiger partial charge in [0.15, 0.2) is 0 Å². The van der Waals surface area contributed by atoms with E-state index in [2.05, 4.69) is 26.1 Å². The maximum Gasteiger partial charge on any atom is 0.404 e. The zero-order valence-corrected chi connectivity index (χ0v) is 22.2. The Morgan fingerprint density at radius 1 is 1.14 bits per heavy atom. The number of amides is 3. The van der Waals surface area contributed by atoms with Gasteiger partial charge < -0.3 is 21.1 Å². The molecule has 0 unspecified atom stereocenters. The van der Waals surface area contributed by atoms with Crippen LogP contribution in [0.2, 0.25) is 5.02 Å². The van der Waals surface area contributed by atoms with Crippen molar-refractivity contribution >= 4 is 40.7 Å². The predicted molar refractivity (Wildman–Crippen MR) is 146 cm³/mol. The van der Waals surface area contributed by atoms with Crippen LogP contribution in [0.3, 0.4) is 0 Å². The Labute approximate surface area is 221 Å². The van der Waals surface area contributed by atoms with Crippen molar-refractivity contribution < 1.29 is 14.3 Å². The largest absolute Gasteiger partial charge is 0.447 e. The number of benzene rings is 2. The summed E-state index contributed by atoms with van der Waals surface area (Å²) in [5.41, 5.74) is 7.31. The molecule has 1 aliphatic carbocycles. The summed E-state index contributed by atoms with van der Waals surface area (Å²) in [4.78, 5) is 27.7. The third-order valence-electron chi connectivity index (χ3n) is 5.62. The molecule has 0 aliphatic heterocycles. The van der Waals surface area contributed by atoms with Crippen LogP contribution in [0.25, 0.3) is 10.4 Å². The first kappa shape index (κ1) is 27.5. The molecule has 1 fully saturated rings. The SMILES string of the molecule is CC(C)OC(N)=O.O=C(NCc1ccccc1)Nc1ccc(-c2cnc(C3CCCCC3)s2)c(Cl)c1. The van der Waals surface area contributed by atoms with Crippen molar-refractivity contribution in [2.45, 2.75) is 64.5 Å². The van der Waals surface area contributed by atoms with Gasteiger partial charge in [-0.3, -0.25) is 0 Å². The lowest BCUT2D eigenvalue weighted by molar-refractivity contribution is 0.125. The molecule has 36 heavy (non-hydrogen) atoms. The van der Waals surface area contributed by atoms with Crippen LogP contribution in [0.5, 0.6) is 0 Å². The number of nitrogens with one attached hydrogen (secondary N) is 2. The number of carbonyl (C=O) groups is 2. The van der Waals surface area contributed by atoms with Gasteiger partial charge in [0.05, 0.1) is 21.0 Å². The van der Waals surface area contributed by atoms with Gasteiger partial charge in [0.2, 0.25) is 0 Å². The van der Waals surface area contributed by atoms with Crippen LogP contribution >= 0.6 is 22.9 Å². The Kier molecular flexibility index (Phi) is 10.6. The van der Waals surface area contributed by atoms with E-state index < -0.39 is 6.09 Å². The van der Waals surface area contributed by atoms with Crippen LogP contribution in [-0.4, -0.2) is 23.2 Å². The molecule has 3 amide bonds. The maximum absolute atomic E-state index is 12.2. The van der Waals surface area contributed by atoms with Crippen LogP contribution in [-0.2, 0) is 11.3 Å². The maximum atomic E-state index is 12.2. The van der Waals surface area contributed by atoms with Gasteiger partial charge in [-0.25, -0.2) is 14.6 Å². The minimum absolute atomic E-state index is 0.0995. The van der Waals surface area contributed by atoms with Gasteiger partial charge in [0.25, 0.3) is 0 Å². The van der Waals surface area contributed by atoms with Crippen molar-refractivity contribution in [2.75, 3.05) is 5.32 Å². The van der Waals surface area contributed by atoms with Crippen LogP contribution < -0.4 is 16.4 Å². The molecule has 2 aromatic carbocycles. The molecular weight excluding hydrogens is 496 g/mol. The molecule has 0 radical (unpaired) electrons. The number of rotatable bonds is 6. The first-order valence-corrected chi connectivity index (χ1v) is 13.3. The lowest BCUT2D eigenvalue weighted by Gasteiger charge is -2.18. The third kappa shape index (κ3) is 8.84. The number of nitrogens with zero attached hydrogens (tertiary/aromatic N) is 1. The molecule has 1 aliphatic rings. The quantitative estimate of drug-likeness (QED) is 0.311. The molecule has 1 heterocycles. The average molecular weight is 529 g/mol. The number of hydrogen-bond donors (Lipinski definition) is 3. The van der Waals surface area contributed by atoms with Gasteiger partial charge in [-0.2, -0.15) is 0 Å². The van der Waals surface area contributed by atoms with Crippen molar-refractivity contribution in [3.8, 4) is 10.4 Å². The summed E-state index contributed by atoms with van der Waals surface area (Å²) < 4.78 is 4.39. The van der Waals surface area contributed by atoms with E-state index in [0.29, 0.717) is 23.2 Å². The van der Waals surface area contributed by atoms with E-state index in [-0.39, 0.29) is 12.1 Å². The lowest BCUT2D eigenvalue weighted by atomic mass is 9.90. The number of ether oxygens (including phenoxy) is 1. The number of thiazole rings is 1. The van der Waals surface area contributed by atoms with Gasteiger partial charge in [0.1, 0.15) is 0 Å². The van der Waals surface area contributed by atoms with Gasteiger partial charge in [-0.1, -0.05) is 61.2 Å². The minimum Gasteiger partial charge on any atom is -0.447 e. The highest BCUT2D eigenvalue weighted by atomic mass is 35.5. The van der Waals surface area contributed by atoms with E-state index in [1.165, 1.54) is 37.1 Å². The molecule has 0 bridgehead atoms. The van der Waals surface area contributed by atoms with Crippen LogP contribution in [0.15, 0.2) is 54.7 Å². The molecule has 1 saturated carbocycles. The molecule has 3 aromatic rings. The Morgan fingerprint density at radius 2 is 1.86 bits per heavy atom. The monoisotopic (exact) mass is 528 g/mol. The van der Waals surface area contributed by atoms with E-state index in [1.54, 1.807) is 31.3 Å². The highest BCUT2D eigenvalue weighted by Crippen LogP contribution is 2.39. The minimum atomic E-state index is -0.713. The first-order chi connectivity index (χ1) is 17.3. The summed E-state index contributed by atoms with van der Waals surface area (Å²) >= 11 is 8.26. The second-order valence-electron chi connectivity index (χ2n) is 8.87. The summed E-state index contributed by atoms with van der Waals surface area (Å²) in [6, 6.07) is 15.2. The Hall–Kier alpha value is -3.10. The number of urea groups is 1. The summed E-state index contributed by atoms with van der Waals surface area (Å²) in [5.74, 6) is 0.593. The van der Waals surface area contributed by atoms with E-state index in [9.17, 15) is 9.59 Å². The number of nitrogens with two attached hydrogens (primary N) is 1. The summed E-state index contributed by atoms with van der Waals surface area (Å²) in [6.45, 7) is 3.96. The highest BCUT2D eigenvalue weighted by Gasteiger charge is 2.19. The highest BCUT2D eigenvalue weighted by molar-refractivity contribution is 7.15. The van der Waals surface area contributed by atoms with Crippen molar-refractivity contribution in [3.63, 3.8) is 0 Å². The Balaban J connectivity index is 0.000000454. The van der Waals surface area contributed by atoms with Crippen molar-refractivity contribution in [2.24, 2.45) is 5.73 Å². The summed E-state index contributed by atoms with van der Waals surface area (Å²) in [5, 5.41) is 7.53. The van der Waals surface area contributed by atoms with Gasteiger partial charge in [-0.05, 0) is 50.5 Å². The van der Waals surface area contributed by atoms with Gasteiger partial charge >= 0.3 is 12.1 Å². The summed E-state index contributed by atoms with van der Waals surface area (Å²) in [6.07, 6.45) is 7.53. The second kappa shape index (κ2) is 13.8.